The first-order valence-corrected chi connectivity index (χ1v) is 12.5. The van der Waals surface area contributed by atoms with Crippen LogP contribution in [0.15, 0.2) is 65.6 Å². The molecule has 0 heterocycles. The Morgan fingerprint density at radius 1 is 0.848 bits per heavy atom. The number of para-hydroxylation sites is 1. The molecule has 5 nitrogen and oxygen atoms in total. The number of hydrogen-bond donors (Lipinski definition) is 1. The third-order valence-electron chi connectivity index (χ3n) is 6.01. The Kier molecular flexibility index (Phi) is 7.28. The molecule has 1 atom stereocenters. The Labute approximate surface area is 197 Å². The molecule has 3 aromatic rings. The van der Waals surface area contributed by atoms with E-state index in [4.69, 9.17) is 0 Å². The first-order chi connectivity index (χ1) is 15.5. The van der Waals surface area contributed by atoms with Crippen molar-refractivity contribution in [1.29, 1.82) is 0 Å². The Bertz CT molecular complexity index is 1270. The molecule has 0 spiro atoms. The van der Waals surface area contributed by atoms with E-state index in [-0.39, 0.29) is 23.4 Å². The summed E-state index contributed by atoms with van der Waals surface area (Å²) in [6.45, 7) is 11.5. The van der Waals surface area contributed by atoms with Crippen LogP contribution in [0.5, 0.6) is 0 Å². The maximum Gasteiger partial charge on any atom is 0.264 e. The number of rotatable bonds is 7. The number of nitrogens with one attached hydrogen (secondary N) is 1. The standard InChI is InChI=1S/C27H32N2O3S/c1-18-11-13-24(14-12-18)33(31,32)29(26-10-8-7-9-19(26)2)17-27(30)28-23(6)25-16-21(4)20(3)15-22(25)5/h7-16,23H,17H2,1-6H3,(H,28,30). The fraction of sp³-hybridized carbons (Fsp3) is 0.296. The van der Waals surface area contributed by atoms with Crippen molar-refractivity contribution in [3.05, 3.63) is 94.0 Å². The first-order valence-electron chi connectivity index (χ1n) is 11.0. The summed E-state index contributed by atoms with van der Waals surface area (Å²) in [4.78, 5) is 13.3. The van der Waals surface area contributed by atoms with Crippen molar-refractivity contribution in [2.75, 3.05) is 10.8 Å². The highest BCUT2D eigenvalue weighted by molar-refractivity contribution is 7.92. The molecule has 1 N–H and O–H groups in total. The molecule has 174 valence electrons. The largest absolute Gasteiger partial charge is 0.348 e. The predicted molar refractivity (Wildman–Crippen MR) is 134 cm³/mol. The van der Waals surface area contributed by atoms with Crippen molar-refractivity contribution in [2.24, 2.45) is 0 Å². The first kappa shape index (κ1) is 24.5. The zero-order valence-electron chi connectivity index (χ0n) is 20.1. The summed E-state index contributed by atoms with van der Waals surface area (Å²) in [7, 11) is -3.94. The molecule has 0 aliphatic carbocycles. The molecule has 0 fully saturated rings. The van der Waals surface area contributed by atoms with E-state index >= 15 is 0 Å². The van der Waals surface area contributed by atoms with E-state index in [1.165, 1.54) is 9.87 Å². The molecular weight excluding hydrogens is 432 g/mol. The molecule has 0 aromatic heterocycles. The van der Waals surface area contributed by atoms with Crippen molar-refractivity contribution >= 4 is 21.6 Å². The lowest BCUT2D eigenvalue weighted by Gasteiger charge is -2.27. The fourth-order valence-electron chi connectivity index (χ4n) is 3.93. The van der Waals surface area contributed by atoms with Gasteiger partial charge in [-0.15, -0.1) is 0 Å². The molecule has 0 bridgehead atoms. The third kappa shape index (κ3) is 5.45. The maximum absolute atomic E-state index is 13.6. The highest BCUT2D eigenvalue weighted by Crippen LogP contribution is 2.27. The molecule has 0 aliphatic rings. The topological polar surface area (TPSA) is 66.5 Å². The zero-order valence-corrected chi connectivity index (χ0v) is 21.0. The summed E-state index contributed by atoms with van der Waals surface area (Å²) < 4.78 is 28.3. The zero-order chi connectivity index (χ0) is 24.3. The number of sulfonamides is 1. The van der Waals surface area contributed by atoms with Crippen LogP contribution < -0.4 is 9.62 Å². The average Bonchev–Trinajstić information content (AvgIpc) is 2.75. The normalized spacial score (nSPS) is 12.3. The molecule has 1 amide bonds. The Morgan fingerprint density at radius 3 is 2.09 bits per heavy atom. The van der Waals surface area contributed by atoms with E-state index in [0.29, 0.717) is 5.69 Å². The SMILES string of the molecule is Cc1ccc(S(=O)(=O)N(CC(=O)NC(C)c2cc(C)c(C)cc2C)c2ccccc2C)cc1. The van der Waals surface area contributed by atoms with Crippen molar-refractivity contribution in [1.82, 2.24) is 5.32 Å². The van der Waals surface area contributed by atoms with Crippen LogP contribution in [-0.2, 0) is 14.8 Å². The predicted octanol–water partition coefficient (Wildman–Crippen LogP) is 5.30. The minimum Gasteiger partial charge on any atom is -0.348 e. The Hall–Kier alpha value is -3.12. The van der Waals surface area contributed by atoms with Crippen LogP contribution in [0.1, 0.15) is 46.3 Å². The Morgan fingerprint density at radius 2 is 1.45 bits per heavy atom. The fourth-order valence-corrected chi connectivity index (χ4v) is 5.41. The summed E-state index contributed by atoms with van der Waals surface area (Å²) in [6, 6.07) is 17.8. The quantitative estimate of drug-likeness (QED) is 0.516. The number of benzene rings is 3. The number of aryl methyl sites for hydroxylation is 5. The van der Waals surface area contributed by atoms with Gasteiger partial charge in [-0.05, 0) is 87.6 Å². The summed E-state index contributed by atoms with van der Waals surface area (Å²) in [5.74, 6) is -0.362. The van der Waals surface area contributed by atoms with Gasteiger partial charge >= 0.3 is 0 Å². The molecular formula is C27H32N2O3S. The van der Waals surface area contributed by atoms with E-state index in [2.05, 4.69) is 24.4 Å². The van der Waals surface area contributed by atoms with Gasteiger partial charge in [0, 0.05) is 0 Å². The number of amides is 1. The lowest BCUT2D eigenvalue weighted by Crippen LogP contribution is -2.42. The second-order valence-electron chi connectivity index (χ2n) is 8.69. The van der Waals surface area contributed by atoms with Crippen molar-refractivity contribution in [3.8, 4) is 0 Å². The van der Waals surface area contributed by atoms with Gasteiger partial charge in [-0.25, -0.2) is 8.42 Å². The monoisotopic (exact) mass is 464 g/mol. The van der Waals surface area contributed by atoms with Gasteiger partial charge in [0.15, 0.2) is 0 Å². The maximum atomic E-state index is 13.6. The van der Waals surface area contributed by atoms with Gasteiger partial charge in [0.2, 0.25) is 5.91 Å². The smallest absolute Gasteiger partial charge is 0.264 e. The van der Waals surface area contributed by atoms with Crippen LogP contribution in [-0.4, -0.2) is 20.9 Å². The summed E-state index contributed by atoms with van der Waals surface area (Å²) in [5.41, 5.74) is 6.70. The van der Waals surface area contributed by atoms with Gasteiger partial charge in [-0.3, -0.25) is 9.10 Å². The van der Waals surface area contributed by atoms with E-state index < -0.39 is 10.0 Å². The second kappa shape index (κ2) is 9.79. The molecule has 33 heavy (non-hydrogen) atoms. The number of hydrogen-bond acceptors (Lipinski definition) is 3. The van der Waals surface area contributed by atoms with Crippen LogP contribution >= 0.6 is 0 Å². The van der Waals surface area contributed by atoms with E-state index in [0.717, 1.165) is 27.8 Å². The summed E-state index contributed by atoms with van der Waals surface area (Å²) >= 11 is 0. The number of carbonyl (C=O) groups excluding carboxylic acids is 1. The van der Waals surface area contributed by atoms with Gasteiger partial charge in [0.25, 0.3) is 10.0 Å². The average molecular weight is 465 g/mol. The van der Waals surface area contributed by atoms with E-state index in [9.17, 15) is 13.2 Å². The summed E-state index contributed by atoms with van der Waals surface area (Å²) in [5, 5.41) is 2.99. The van der Waals surface area contributed by atoms with Crippen molar-refractivity contribution in [2.45, 2.75) is 52.5 Å². The second-order valence-corrected chi connectivity index (χ2v) is 10.6. The highest BCUT2D eigenvalue weighted by Gasteiger charge is 2.28. The van der Waals surface area contributed by atoms with Gasteiger partial charge in [0.1, 0.15) is 6.54 Å². The molecule has 0 saturated carbocycles. The number of anilines is 1. The lowest BCUT2D eigenvalue weighted by molar-refractivity contribution is -0.120. The van der Waals surface area contributed by atoms with Gasteiger partial charge in [-0.1, -0.05) is 48.0 Å². The van der Waals surface area contributed by atoms with Crippen molar-refractivity contribution < 1.29 is 13.2 Å². The minimum atomic E-state index is -3.94. The third-order valence-corrected chi connectivity index (χ3v) is 7.78. The molecule has 3 aromatic carbocycles. The lowest BCUT2D eigenvalue weighted by atomic mass is 9.96. The van der Waals surface area contributed by atoms with Crippen LogP contribution in [0.3, 0.4) is 0 Å². The van der Waals surface area contributed by atoms with Crippen LogP contribution in [0.25, 0.3) is 0 Å². The number of carbonyl (C=O) groups is 1. The minimum absolute atomic E-state index is 0.155. The molecule has 0 radical (unpaired) electrons. The van der Waals surface area contributed by atoms with Gasteiger partial charge in [-0.2, -0.15) is 0 Å². The molecule has 6 heteroatoms. The number of nitrogens with zero attached hydrogens (tertiary/aromatic N) is 1. The Balaban J connectivity index is 1.92. The van der Waals surface area contributed by atoms with Gasteiger partial charge < -0.3 is 5.32 Å². The van der Waals surface area contributed by atoms with E-state index in [1.807, 2.05) is 46.8 Å². The molecule has 3 rings (SSSR count). The van der Waals surface area contributed by atoms with Crippen molar-refractivity contribution in [3.63, 3.8) is 0 Å². The highest BCUT2D eigenvalue weighted by atomic mass is 32.2. The van der Waals surface area contributed by atoms with Crippen LogP contribution in [0, 0.1) is 34.6 Å². The van der Waals surface area contributed by atoms with Crippen LogP contribution in [0.4, 0.5) is 5.69 Å². The summed E-state index contributed by atoms with van der Waals surface area (Å²) in [6.07, 6.45) is 0. The molecule has 0 aliphatic heterocycles. The van der Waals surface area contributed by atoms with Gasteiger partial charge in [0.05, 0.1) is 16.6 Å². The molecule has 0 saturated heterocycles. The van der Waals surface area contributed by atoms with Crippen LogP contribution in [0.2, 0.25) is 0 Å². The van der Waals surface area contributed by atoms with E-state index in [1.54, 1.807) is 36.4 Å². The molecule has 1 unspecified atom stereocenters.